The fourth-order valence-electron chi connectivity index (χ4n) is 3.46. The van der Waals surface area contributed by atoms with Gasteiger partial charge in [0.15, 0.2) is 0 Å². The van der Waals surface area contributed by atoms with Crippen LogP contribution in [0.4, 0.5) is 10.5 Å². The second-order valence-electron chi connectivity index (χ2n) is 7.52. The summed E-state index contributed by atoms with van der Waals surface area (Å²) in [6, 6.07) is 7.00. The summed E-state index contributed by atoms with van der Waals surface area (Å²) < 4.78 is 5.56. The SMILES string of the molecule is Cc1ccc2c(c1)C1CN(C(=O)OC(C)(C)C)CCCC1N2. The Labute approximate surface area is 132 Å². The first-order chi connectivity index (χ1) is 10.3. The molecular weight excluding hydrogens is 276 g/mol. The van der Waals surface area contributed by atoms with Crippen LogP contribution in [0, 0.1) is 6.92 Å². The van der Waals surface area contributed by atoms with Gasteiger partial charge in [-0.3, -0.25) is 0 Å². The number of aryl methyl sites for hydroxylation is 1. The highest BCUT2D eigenvalue weighted by molar-refractivity contribution is 5.69. The number of likely N-dealkylation sites (tertiary alicyclic amines) is 1. The molecule has 1 aromatic carbocycles. The molecule has 0 saturated carbocycles. The zero-order chi connectivity index (χ0) is 15.9. The predicted octanol–water partition coefficient (Wildman–Crippen LogP) is 3.90. The molecule has 22 heavy (non-hydrogen) atoms. The molecule has 1 fully saturated rings. The minimum absolute atomic E-state index is 0.186. The van der Waals surface area contributed by atoms with Gasteiger partial charge < -0.3 is 15.0 Å². The number of nitrogens with one attached hydrogen (secondary N) is 1. The van der Waals surface area contributed by atoms with Gasteiger partial charge >= 0.3 is 6.09 Å². The van der Waals surface area contributed by atoms with E-state index in [2.05, 4.69) is 30.4 Å². The van der Waals surface area contributed by atoms with E-state index in [4.69, 9.17) is 4.74 Å². The van der Waals surface area contributed by atoms with Gasteiger partial charge in [0.05, 0.1) is 0 Å². The molecule has 1 saturated heterocycles. The molecule has 2 aliphatic rings. The van der Waals surface area contributed by atoms with Gasteiger partial charge in [0.2, 0.25) is 0 Å². The van der Waals surface area contributed by atoms with Gasteiger partial charge in [0, 0.05) is 30.7 Å². The van der Waals surface area contributed by atoms with Crippen molar-refractivity contribution in [3.05, 3.63) is 29.3 Å². The number of nitrogens with zero attached hydrogens (tertiary/aromatic N) is 1. The highest BCUT2D eigenvalue weighted by atomic mass is 16.6. The average Bonchev–Trinajstić information content (AvgIpc) is 2.61. The van der Waals surface area contributed by atoms with E-state index >= 15 is 0 Å². The summed E-state index contributed by atoms with van der Waals surface area (Å²) in [5.41, 5.74) is 3.41. The van der Waals surface area contributed by atoms with Crippen molar-refractivity contribution in [1.82, 2.24) is 4.90 Å². The molecule has 1 N–H and O–H groups in total. The van der Waals surface area contributed by atoms with Crippen LogP contribution in [0.25, 0.3) is 0 Å². The van der Waals surface area contributed by atoms with Crippen LogP contribution in [0.3, 0.4) is 0 Å². The maximum Gasteiger partial charge on any atom is 0.410 e. The maximum absolute atomic E-state index is 12.4. The lowest BCUT2D eigenvalue weighted by atomic mass is 9.92. The molecule has 2 aliphatic heterocycles. The number of rotatable bonds is 0. The van der Waals surface area contributed by atoms with Crippen molar-refractivity contribution >= 4 is 11.8 Å². The summed E-state index contributed by atoms with van der Waals surface area (Å²) in [5.74, 6) is 0.366. The minimum atomic E-state index is -0.439. The molecule has 2 unspecified atom stereocenters. The number of fused-ring (bicyclic) bond motifs is 3. The molecule has 2 atom stereocenters. The molecule has 0 aromatic heterocycles. The number of carbonyl (C=O) groups excluding carboxylic acids is 1. The number of amides is 1. The minimum Gasteiger partial charge on any atom is -0.444 e. The Morgan fingerprint density at radius 2 is 2.14 bits per heavy atom. The lowest BCUT2D eigenvalue weighted by Crippen LogP contribution is -2.39. The number of ether oxygens (including phenoxy) is 1. The molecule has 3 rings (SSSR count). The van der Waals surface area contributed by atoms with Crippen molar-refractivity contribution in [3.8, 4) is 0 Å². The van der Waals surface area contributed by atoms with Crippen LogP contribution in [-0.2, 0) is 4.74 Å². The van der Waals surface area contributed by atoms with Crippen molar-refractivity contribution in [2.45, 2.75) is 58.1 Å². The zero-order valence-electron chi connectivity index (χ0n) is 14.0. The molecule has 0 spiro atoms. The fraction of sp³-hybridized carbons (Fsp3) is 0.611. The van der Waals surface area contributed by atoms with Gasteiger partial charge in [-0.2, -0.15) is 0 Å². The van der Waals surface area contributed by atoms with E-state index in [0.717, 1.165) is 25.9 Å². The third-order valence-corrected chi connectivity index (χ3v) is 4.45. The van der Waals surface area contributed by atoms with Crippen molar-refractivity contribution in [1.29, 1.82) is 0 Å². The standard InChI is InChI=1S/C18H26N2O2/c1-12-7-8-16-13(10-12)14-11-20(9-5-6-15(14)19-16)17(21)22-18(2,3)4/h7-8,10,14-15,19H,5-6,9,11H2,1-4H3. The van der Waals surface area contributed by atoms with E-state index in [1.807, 2.05) is 25.7 Å². The summed E-state index contributed by atoms with van der Waals surface area (Å²) in [7, 11) is 0. The van der Waals surface area contributed by atoms with Gasteiger partial charge in [0.25, 0.3) is 0 Å². The van der Waals surface area contributed by atoms with E-state index in [9.17, 15) is 4.79 Å². The van der Waals surface area contributed by atoms with E-state index in [1.54, 1.807) is 0 Å². The van der Waals surface area contributed by atoms with E-state index in [-0.39, 0.29) is 6.09 Å². The topological polar surface area (TPSA) is 41.6 Å². The van der Waals surface area contributed by atoms with E-state index in [1.165, 1.54) is 16.8 Å². The summed E-state index contributed by atoms with van der Waals surface area (Å²) in [6.45, 7) is 9.40. The molecule has 4 nitrogen and oxygen atoms in total. The van der Waals surface area contributed by atoms with E-state index < -0.39 is 5.60 Å². The van der Waals surface area contributed by atoms with Crippen LogP contribution < -0.4 is 5.32 Å². The number of anilines is 1. The van der Waals surface area contributed by atoms with Crippen LogP contribution in [0.15, 0.2) is 18.2 Å². The second kappa shape index (κ2) is 5.49. The lowest BCUT2D eigenvalue weighted by Gasteiger charge is -2.28. The van der Waals surface area contributed by atoms with Crippen molar-refractivity contribution in [2.24, 2.45) is 0 Å². The first-order valence-corrected chi connectivity index (χ1v) is 8.18. The maximum atomic E-state index is 12.4. The summed E-state index contributed by atoms with van der Waals surface area (Å²) in [6.07, 6.45) is 1.92. The number of carbonyl (C=O) groups is 1. The number of hydrogen-bond donors (Lipinski definition) is 1. The van der Waals surface area contributed by atoms with Gasteiger partial charge in [-0.25, -0.2) is 4.79 Å². The fourth-order valence-corrected chi connectivity index (χ4v) is 3.46. The first-order valence-electron chi connectivity index (χ1n) is 8.18. The Balaban J connectivity index is 1.80. The molecule has 0 radical (unpaired) electrons. The second-order valence-corrected chi connectivity index (χ2v) is 7.52. The zero-order valence-corrected chi connectivity index (χ0v) is 14.0. The largest absolute Gasteiger partial charge is 0.444 e. The van der Waals surface area contributed by atoms with Crippen molar-refractivity contribution < 1.29 is 9.53 Å². The third kappa shape index (κ3) is 3.06. The predicted molar refractivity (Wildman–Crippen MR) is 88.4 cm³/mol. The highest BCUT2D eigenvalue weighted by Gasteiger charge is 2.37. The normalized spacial score (nSPS) is 24.1. The van der Waals surface area contributed by atoms with E-state index in [0.29, 0.717) is 12.0 Å². The molecule has 4 heteroatoms. The summed E-state index contributed by atoms with van der Waals surface area (Å²) in [4.78, 5) is 14.3. The Hall–Kier alpha value is -1.71. The molecule has 2 heterocycles. The molecule has 1 amide bonds. The third-order valence-electron chi connectivity index (χ3n) is 4.45. The van der Waals surface area contributed by atoms with Gasteiger partial charge in [-0.05, 0) is 52.2 Å². The molecule has 0 aliphatic carbocycles. The Morgan fingerprint density at radius 1 is 1.36 bits per heavy atom. The van der Waals surface area contributed by atoms with Gasteiger partial charge in [0.1, 0.15) is 5.60 Å². The Morgan fingerprint density at radius 3 is 2.86 bits per heavy atom. The molecule has 120 valence electrons. The van der Waals surface area contributed by atoms with Crippen LogP contribution in [0.2, 0.25) is 0 Å². The Bertz CT molecular complexity index is 577. The summed E-state index contributed by atoms with van der Waals surface area (Å²) >= 11 is 0. The van der Waals surface area contributed by atoms with Crippen molar-refractivity contribution in [3.63, 3.8) is 0 Å². The lowest BCUT2D eigenvalue weighted by molar-refractivity contribution is 0.0249. The van der Waals surface area contributed by atoms with Crippen LogP contribution in [0.5, 0.6) is 0 Å². The van der Waals surface area contributed by atoms with Crippen molar-refractivity contribution in [2.75, 3.05) is 18.4 Å². The smallest absolute Gasteiger partial charge is 0.410 e. The Kier molecular flexibility index (Phi) is 3.79. The highest BCUT2D eigenvalue weighted by Crippen LogP contribution is 2.40. The van der Waals surface area contributed by atoms with Gasteiger partial charge in [-0.15, -0.1) is 0 Å². The average molecular weight is 302 g/mol. The van der Waals surface area contributed by atoms with Crippen LogP contribution in [0.1, 0.15) is 50.7 Å². The number of benzene rings is 1. The number of hydrogen-bond acceptors (Lipinski definition) is 3. The molecule has 0 bridgehead atoms. The molecule has 1 aromatic rings. The summed E-state index contributed by atoms with van der Waals surface area (Å²) in [5, 5.41) is 3.63. The van der Waals surface area contributed by atoms with Gasteiger partial charge in [-0.1, -0.05) is 17.7 Å². The molecular formula is C18H26N2O2. The quantitative estimate of drug-likeness (QED) is 0.790. The van der Waals surface area contributed by atoms with Crippen LogP contribution in [-0.4, -0.2) is 35.7 Å². The first kappa shape index (κ1) is 15.2. The van der Waals surface area contributed by atoms with Crippen LogP contribution >= 0.6 is 0 Å². The monoisotopic (exact) mass is 302 g/mol.